The monoisotopic (exact) mass is 264 g/mol. The molecule has 0 bridgehead atoms. The van der Waals surface area contributed by atoms with Gasteiger partial charge in [-0.25, -0.2) is 4.39 Å². The van der Waals surface area contributed by atoms with E-state index in [9.17, 15) is 4.39 Å². The Bertz CT molecular complexity index is 369. The molecule has 0 aliphatic carbocycles. The summed E-state index contributed by atoms with van der Waals surface area (Å²) in [6.45, 7) is 5.91. The van der Waals surface area contributed by atoms with Crippen molar-refractivity contribution in [2.45, 2.75) is 32.2 Å². The Morgan fingerprint density at radius 3 is 2.47 bits per heavy atom. The highest BCUT2D eigenvalue weighted by Gasteiger charge is 2.17. The van der Waals surface area contributed by atoms with E-state index >= 15 is 0 Å². The highest BCUT2D eigenvalue weighted by molar-refractivity contribution is 5.19. The van der Waals surface area contributed by atoms with Crippen molar-refractivity contribution in [2.24, 2.45) is 5.92 Å². The molecule has 1 N–H and O–H groups in total. The second kappa shape index (κ2) is 7.01. The van der Waals surface area contributed by atoms with E-state index in [0.717, 1.165) is 18.9 Å². The molecule has 0 aromatic heterocycles. The molecule has 1 aliphatic rings. The average molecular weight is 264 g/mol. The molecule has 0 saturated carbocycles. The van der Waals surface area contributed by atoms with Crippen LogP contribution in [0.3, 0.4) is 0 Å². The number of nitrogens with zero attached hydrogens (tertiary/aromatic N) is 1. The number of benzene rings is 1. The standard InChI is InChI=1S/C16H25FN2/c1-13-7-10-19(11-8-13)12-9-16(18-2)14-3-5-15(17)6-4-14/h3-6,13,16,18H,7-12H2,1-2H3. The Balaban J connectivity index is 1.84. The van der Waals surface area contributed by atoms with Gasteiger partial charge >= 0.3 is 0 Å². The first-order valence-corrected chi connectivity index (χ1v) is 7.34. The molecule has 1 saturated heterocycles. The first kappa shape index (κ1) is 14.5. The van der Waals surface area contributed by atoms with Gasteiger partial charge in [0, 0.05) is 6.04 Å². The summed E-state index contributed by atoms with van der Waals surface area (Å²) in [6.07, 6.45) is 3.72. The first-order chi connectivity index (χ1) is 9.19. The van der Waals surface area contributed by atoms with Gasteiger partial charge in [0.05, 0.1) is 0 Å². The van der Waals surface area contributed by atoms with Crippen molar-refractivity contribution < 1.29 is 4.39 Å². The molecule has 1 fully saturated rings. The fraction of sp³-hybridized carbons (Fsp3) is 0.625. The van der Waals surface area contributed by atoms with Crippen molar-refractivity contribution in [1.82, 2.24) is 10.2 Å². The van der Waals surface area contributed by atoms with E-state index in [2.05, 4.69) is 17.1 Å². The van der Waals surface area contributed by atoms with Crippen LogP contribution in [-0.4, -0.2) is 31.6 Å². The molecule has 106 valence electrons. The number of halogens is 1. The van der Waals surface area contributed by atoms with Crippen LogP contribution >= 0.6 is 0 Å². The van der Waals surface area contributed by atoms with E-state index in [0.29, 0.717) is 6.04 Å². The second-order valence-electron chi connectivity index (χ2n) is 5.71. The van der Waals surface area contributed by atoms with E-state index in [4.69, 9.17) is 0 Å². The molecule has 2 rings (SSSR count). The zero-order valence-electron chi connectivity index (χ0n) is 12.0. The fourth-order valence-electron chi connectivity index (χ4n) is 2.77. The van der Waals surface area contributed by atoms with E-state index in [1.807, 2.05) is 19.2 Å². The SMILES string of the molecule is CNC(CCN1CCC(C)CC1)c1ccc(F)cc1. The lowest BCUT2D eigenvalue weighted by molar-refractivity contribution is 0.185. The normalized spacial score (nSPS) is 19.5. The molecule has 1 aromatic rings. The summed E-state index contributed by atoms with van der Waals surface area (Å²) in [4.78, 5) is 2.55. The lowest BCUT2D eigenvalue weighted by atomic mass is 9.98. The van der Waals surface area contributed by atoms with Crippen molar-refractivity contribution in [3.8, 4) is 0 Å². The van der Waals surface area contributed by atoms with Gasteiger partial charge < -0.3 is 10.2 Å². The summed E-state index contributed by atoms with van der Waals surface area (Å²) in [5.74, 6) is 0.720. The third-order valence-electron chi connectivity index (χ3n) is 4.23. The molecular weight excluding hydrogens is 239 g/mol. The second-order valence-corrected chi connectivity index (χ2v) is 5.71. The molecule has 1 unspecified atom stereocenters. The molecule has 1 atom stereocenters. The van der Waals surface area contributed by atoms with Gasteiger partial charge in [-0.3, -0.25) is 0 Å². The molecule has 19 heavy (non-hydrogen) atoms. The largest absolute Gasteiger partial charge is 0.313 e. The van der Waals surface area contributed by atoms with Crippen molar-refractivity contribution in [3.63, 3.8) is 0 Å². The summed E-state index contributed by atoms with van der Waals surface area (Å²) in [5, 5.41) is 3.34. The number of nitrogens with one attached hydrogen (secondary N) is 1. The summed E-state index contributed by atoms with van der Waals surface area (Å²) in [6, 6.07) is 7.17. The van der Waals surface area contributed by atoms with Crippen LogP contribution in [0.4, 0.5) is 4.39 Å². The number of hydrogen-bond acceptors (Lipinski definition) is 2. The van der Waals surface area contributed by atoms with Gasteiger partial charge in [-0.1, -0.05) is 19.1 Å². The molecule has 0 amide bonds. The van der Waals surface area contributed by atoms with Gasteiger partial charge in [-0.2, -0.15) is 0 Å². The summed E-state index contributed by atoms with van der Waals surface area (Å²) < 4.78 is 12.9. The summed E-state index contributed by atoms with van der Waals surface area (Å²) in [7, 11) is 1.98. The van der Waals surface area contributed by atoms with Crippen molar-refractivity contribution >= 4 is 0 Å². The molecular formula is C16H25FN2. The van der Waals surface area contributed by atoms with Crippen LogP contribution in [0.5, 0.6) is 0 Å². The van der Waals surface area contributed by atoms with Crippen molar-refractivity contribution in [3.05, 3.63) is 35.6 Å². The van der Waals surface area contributed by atoms with Gasteiger partial charge in [0.2, 0.25) is 0 Å². The lowest BCUT2D eigenvalue weighted by Gasteiger charge is -2.31. The molecule has 1 aromatic carbocycles. The minimum Gasteiger partial charge on any atom is -0.313 e. The number of piperidine rings is 1. The smallest absolute Gasteiger partial charge is 0.123 e. The number of rotatable bonds is 5. The lowest BCUT2D eigenvalue weighted by Crippen LogP contribution is -2.35. The summed E-state index contributed by atoms with van der Waals surface area (Å²) >= 11 is 0. The maximum absolute atomic E-state index is 12.9. The van der Waals surface area contributed by atoms with E-state index in [-0.39, 0.29) is 5.82 Å². The Hall–Kier alpha value is -0.930. The van der Waals surface area contributed by atoms with Gasteiger partial charge in [-0.15, -0.1) is 0 Å². The number of hydrogen-bond donors (Lipinski definition) is 1. The minimum atomic E-state index is -0.163. The topological polar surface area (TPSA) is 15.3 Å². The Labute approximate surface area is 116 Å². The first-order valence-electron chi connectivity index (χ1n) is 7.34. The summed E-state index contributed by atoms with van der Waals surface area (Å²) in [5.41, 5.74) is 1.18. The molecule has 1 aliphatic heterocycles. The maximum Gasteiger partial charge on any atom is 0.123 e. The van der Waals surface area contributed by atoms with Crippen LogP contribution in [0.2, 0.25) is 0 Å². The van der Waals surface area contributed by atoms with Crippen molar-refractivity contribution in [1.29, 1.82) is 0 Å². The predicted molar refractivity (Wildman–Crippen MR) is 77.7 cm³/mol. The molecule has 3 heteroatoms. The van der Waals surface area contributed by atoms with Crippen LogP contribution < -0.4 is 5.32 Å². The van der Waals surface area contributed by atoms with Gasteiger partial charge in [0.1, 0.15) is 5.82 Å². The zero-order valence-corrected chi connectivity index (χ0v) is 12.0. The zero-order chi connectivity index (χ0) is 13.7. The van der Waals surface area contributed by atoms with Gasteiger partial charge in [0.15, 0.2) is 0 Å². The Morgan fingerprint density at radius 1 is 1.26 bits per heavy atom. The highest BCUT2D eigenvalue weighted by Crippen LogP contribution is 2.20. The quantitative estimate of drug-likeness (QED) is 0.878. The molecule has 0 radical (unpaired) electrons. The maximum atomic E-state index is 12.9. The average Bonchev–Trinajstić information content (AvgIpc) is 2.43. The minimum absolute atomic E-state index is 0.163. The fourth-order valence-corrected chi connectivity index (χ4v) is 2.77. The third kappa shape index (κ3) is 4.29. The van der Waals surface area contributed by atoms with Crippen LogP contribution in [-0.2, 0) is 0 Å². The molecule has 0 spiro atoms. The Kier molecular flexibility index (Phi) is 5.34. The third-order valence-corrected chi connectivity index (χ3v) is 4.23. The van der Waals surface area contributed by atoms with Crippen LogP contribution in [0.1, 0.15) is 37.8 Å². The van der Waals surface area contributed by atoms with E-state index in [1.54, 1.807) is 12.1 Å². The van der Waals surface area contributed by atoms with E-state index < -0.39 is 0 Å². The predicted octanol–water partition coefficient (Wildman–Crippen LogP) is 3.21. The van der Waals surface area contributed by atoms with Crippen molar-refractivity contribution in [2.75, 3.05) is 26.7 Å². The van der Waals surface area contributed by atoms with Crippen LogP contribution in [0.25, 0.3) is 0 Å². The molecule has 1 heterocycles. The van der Waals surface area contributed by atoms with Crippen LogP contribution in [0.15, 0.2) is 24.3 Å². The highest BCUT2D eigenvalue weighted by atomic mass is 19.1. The van der Waals surface area contributed by atoms with Crippen LogP contribution in [0, 0.1) is 11.7 Å². The Morgan fingerprint density at radius 2 is 1.89 bits per heavy atom. The van der Waals surface area contributed by atoms with Gasteiger partial charge in [0.25, 0.3) is 0 Å². The molecule has 2 nitrogen and oxygen atoms in total. The van der Waals surface area contributed by atoms with E-state index in [1.165, 1.54) is 31.5 Å². The van der Waals surface area contributed by atoms with Gasteiger partial charge in [-0.05, 0) is 69.6 Å². The number of likely N-dealkylation sites (tertiary alicyclic amines) is 1.